The van der Waals surface area contributed by atoms with Gasteiger partial charge in [-0.3, -0.25) is 9.69 Å². The number of ether oxygens (including phenoxy) is 1. The number of likely N-dealkylation sites (tertiary alicyclic amines) is 1. The molecular weight excluding hydrogens is 240 g/mol. The smallest absolute Gasteiger partial charge is 0.234 e. The standard InChI is InChI=1S/C15H22N2O2/c1-19-13-7-5-12(6-8-13)9-11-17-10-3-2-4-14(17)15(16)18/h5-8,14H,2-4,9-11H2,1H3,(H2,16,18). The Morgan fingerprint density at radius 2 is 2.11 bits per heavy atom. The van der Waals surface area contributed by atoms with Crippen molar-refractivity contribution < 1.29 is 9.53 Å². The summed E-state index contributed by atoms with van der Waals surface area (Å²) in [5.41, 5.74) is 6.73. The highest BCUT2D eigenvalue weighted by Gasteiger charge is 2.26. The number of hydrogen-bond donors (Lipinski definition) is 1. The van der Waals surface area contributed by atoms with Gasteiger partial charge in [-0.05, 0) is 43.5 Å². The van der Waals surface area contributed by atoms with Crippen molar-refractivity contribution in [2.24, 2.45) is 5.73 Å². The molecule has 1 heterocycles. The summed E-state index contributed by atoms with van der Waals surface area (Å²) >= 11 is 0. The number of benzene rings is 1. The maximum absolute atomic E-state index is 11.4. The molecule has 1 aromatic rings. The van der Waals surface area contributed by atoms with Gasteiger partial charge in [-0.1, -0.05) is 18.6 Å². The van der Waals surface area contributed by atoms with Gasteiger partial charge >= 0.3 is 0 Å². The van der Waals surface area contributed by atoms with Crippen molar-refractivity contribution in [2.75, 3.05) is 20.2 Å². The minimum atomic E-state index is -0.186. The Morgan fingerprint density at radius 1 is 1.37 bits per heavy atom. The Hall–Kier alpha value is -1.55. The molecule has 1 aliphatic heterocycles. The van der Waals surface area contributed by atoms with Crippen LogP contribution in [-0.4, -0.2) is 37.0 Å². The number of rotatable bonds is 5. The van der Waals surface area contributed by atoms with Crippen LogP contribution < -0.4 is 10.5 Å². The van der Waals surface area contributed by atoms with Crippen molar-refractivity contribution in [1.82, 2.24) is 4.90 Å². The van der Waals surface area contributed by atoms with Crippen LogP contribution in [0.1, 0.15) is 24.8 Å². The van der Waals surface area contributed by atoms with Crippen LogP contribution in [-0.2, 0) is 11.2 Å². The van der Waals surface area contributed by atoms with Crippen molar-refractivity contribution in [3.05, 3.63) is 29.8 Å². The molecule has 0 bridgehead atoms. The van der Waals surface area contributed by atoms with Gasteiger partial charge in [0, 0.05) is 6.54 Å². The fourth-order valence-corrected chi connectivity index (χ4v) is 2.65. The van der Waals surface area contributed by atoms with E-state index >= 15 is 0 Å². The van der Waals surface area contributed by atoms with E-state index in [0.717, 1.165) is 44.5 Å². The lowest BCUT2D eigenvalue weighted by Crippen LogP contribution is -2.48. The molecule has 0 aromatic heterocycles. The first-order valence-electron chi connectivity index (χ1n) is 6.87. The summed E-state index contributed by atoms with van der Waals surface area (Å²) in [4.78, 5) is 13.6. The Morgan fingerprint density at radius 3 is 2.74 bits per heavy atom. The van der Waals surface area contributed by atoms with Crippen LogP contribution >= 0.6 is 0 Å². The molecule has 1 amide bonds. The van der Waals surface area contributed by atoms with Crippen molar-refractivity contribution in [3.63, 3.8) is 0 Å². The SMILES string of the molecule is COc1ccc(CCN2CCCCC2C(N)=O)cc1. The van der Waals surface area contributed by atoms with Gasteiger partial charge in [-0.2, -0.15) is 0 Å². The molecule has 1 aromatic carbocycles. The van der Waals surface area contributed by atoms with E-state index in [4.69, 9.17) is 10.5 Å². The van der Waals surface area contributed by atoms with E-state index < -0.39 is 0 Å². The van der Waals surface area contributed by atoms with Crippen molar-refractivity contribution >= 4 is 5.91 Å². The van der Waals surface area contributed by atoms with Gasteiger partial charge in [0.25, 0.3) is 0 Å². The molecule has 1 unspecified atom stereocenters. The maximum atomic E-state index is 11.4. The summed E-state index contributed by atoms with van der Waals surface area (Å²) in [7, 11) is 1.67. The molecule has 0 aliphatic carbocycles. The van der Waals surface area contributed by atoms with Crippen molar-refractivity contribution in [1.29, 1.82) is 0 Å². The summed E-state index contributed by atoms with van der Waals surface area (Å²) in [6, 6.07) is 8.00. The average Bonchev–Trinajstić information content (AvgIpc) is 2.46. The van der Waals surface area contributed by atoms with E-state index in [1.54, 1.807) is 7.11 Å². The summed E-state index contributed by atoms with van der Waals surface area (Å²) in [5, 5.41) is 0. The predicted molar refractivity (Wildman–Crippen MR) is 75.1 cm³/mol. The molecule has 1 saturated heterocycles. The third-order valence-corrected chi connectivity index (χ3v) is 3.79. The number of piperidine rings is 1. The van der Waals surface area contributed by atoms with Gasteiger partial charge in [0.1, 0.15) is 5.75 Å². The van der Waals surface area contributed by atoms with Crippen LogP contribution in [0.3, 0.4) is 0 Å². The molecule has 0 radical (unpaired) electrons. The molecule has 0 spiro atoms. The van der Waals surface area contributed by atoms with Crippen LogP contribution in [0.4, 0.5) is 0 Å². The molecule has 104 valence electrons. The first-order chi connectivity index (χ1) is 9.20. The number of hydrogen-bond acceptors (Lipinski definition) is 3. The lowest BCUT2D eigenvalue weighted by molar-refractivity contribution is -0.124. The molecule has 19 heavy (non-hydrogen) atoms. The van der Waals surface area contributed by atoms with Crippen LogP contribution in [0.2, 0.25) is 0 Å². The van der Waals surface area contributed by atoms with Crippen molar-refractivity contribution in [2.45, 2.75) is 31.7 Å². The van der Waals surface area contributed by atoms with E-state index in [-0.39, 0.29) is 11.9 Å². The van der Waals surface area contributed by atoms with Gasteiger partial charge in [0.05, 0.1) is 13.2 Å². The largest absolute Gasteiger partial charge is 0.497 e. The highest BCUT2D eigenvalue weighted by atomic mass is 16.5. The van der Waals surface area contributed by atoms with Gasteiger partial charge in [0.2, 0.25) is 5.91 Å². The highest BCUT2D eigenvalue weighted by molar-refractivity contribution is 5.79. The minimum Gasteiger partial charge on any atom is -0.497 e. The third-order valence-electron chi connectivity index (χ3n) is 3.79. The molecular formula is C15H22N2O2. The zero-order chi connectivity index (χ0) is 13.7. The van der Waals surface area contributed by atoms with Gasteiger partial charge in [-0.15, -0.1) is 0 Å². The second-order valence-corrected chi connectivity index (χ2v) is 5.05. The summed E-state index contributed by atoms with van der Waals surface area (Å²) < 4.78 is 5.14. The maximum Gasteiger partial charge on any atom is 0.234 e. The van der Waals surface area contributed by atoms with Crippen LogP contribution in [0.5, 0.6) is 5.75 Å². The predicted octanol–water partition coefficient (Wildman–Crippen LogP) is 1.58. The normalized spacial score (nSPS) is 20.2. The number of carbonyl (C=O) groups excluding carboxylic acids is 1. The molecule has 4 heteroatoms. The summed E-state index contributed by atoms with van der Waals surface area (Å²) in [6.45, 7) is 1.86. The first kappa shape index (κ1) is 13.9. The number of methoxy groups -OCH3 is 1. The number of nitrogens with zero attached hydrogens (tertiary/aromatic N) is 1. The first-order valence-corrected chi connectivity index (χ1v) is 6.87. The fraction of sp³-hybridized carbons (Fsp3) is 0.533. The Balaban J connectivity index is 1.90. The monoisotopic (exact) mass is 262 g/mol. The van der Waals surface area contributed by atoms with E-state index in [2.05, 4.69) is 17.0 Å². The molecule has 2 N–H and O–H groups in total. The van der Waals surface area contributed by atoms with Gasteiger partial charge in [0.15, 0.2) is 0 Å². The van der Waals surface area contributed by atoms with Crippen LogP contribution in [0.15, 0.2) is 24.3 Å². The summed E-state index contributed by atoms with van der Waals surface area (Å²) in [5.74, 6) is 0.686. The van der Waals surface area contributed by atoms with E-state index in [1.165, 1.54) is 5.56 Å². The topological polar surface area (TPSA) is 55.6 Å². The molecule has 2 rings (SSSR count). The number of primary amides is 1. The second kappa shape index (κ2) is 6.57. The molecule has 1 fully saturated rings. The van der Waals surface area contributed by atoms with Crippen LogP contribution in [0.25, 0.3) is 0 Å². The Kier molecular flexibility index (Phi) is 4.80. The molecule has 1 aliphatic rings. The van der Waals surface area contributed by atoms with Gasteiger partial charge < -0.3 is 10.5 Å². The average molecular weight is 262 g/mol. The quantitative estimate of drug-likeness (QED) is 0.876. The third kappa shape index (κ3) is 3.70. The lowest BCUT2D eigenvalue weighted by atomic mass is 10.0. The Labute approximate surface area is 114 Å². The summed E-state index contributed by atoms with van der Waals surface area (Å²) in [6.07, 6.45) is 4.10. The lowest BCUT2D eigenvalue weighted by Gasteiger charge is -2.33. The highest BCUT2D eigenvalue weighted by Crippen LogP contribution is 2.18. The zero-order valence-corrected chi connectivity index (χ0v) is 11.5. The van der Waals surface area contributed by atoms with Gasteiger partial charge in [-0.25, -0.2) is 0 Å². The van der Waals surface area contributed by atoms with Crippen molar-refractivity contribution in [3.8, 4) is 5.75 Å². The minimum absolute atomic E-state index is 0.0769. The van der Waals surface area contributed by atoms with E-state index in [0.29, 0.717) is 0 Å². The second-order valence-electron chi connectivity index (χ2n) is 5.05. The van der Waals surface area contributed by atoms with E-state index in [1.807, 2.05) is 12.1 Å². The van der Waals surface area contributed by atoms with Crippen LogP contribution in [0, 0.1) is 0 Å². The number of carbonyl (C=O) groups is 1. The molecule has 4 nitrogen and oxygen atoms in total. The number of amides is 1. The van der Waals surface area contributed by atoms with E-state index in [9.17, 15) is 4.79 Å². The Bertz CT molecular complexity index is 417. The number of nitrogens with two attached hydrogens (primary N) is 1. The fourth-order valence-electron chi connectivity index (χ4n) is 2.65. The molecule has 1 atom stereocenters. The molecule has 0 saturated carbocycles. The zero-order valence-electron chi connectivity index (χ0n) is 11.5.